The van der Waals surface area contributed by atoms with Crippen molar-refractivity contribution in [2.75, 3.05) is 27.0 Å². The van der Waals surface area contributed by atoms with Crippen LogP contribution in [0.1, 0.15) is 64.9 Å². The first-order valence-corrected chi connectivity index (χ1v) is 15.4. The normalized spacial score (nSPS) is 24.6. The fourth-order valence-electron chi connectivity index (χ4n) is 7.67. The number of nitrogens with zero attached hydrogens (tertiary/aromatic N) is 3. The lowest BCUT2D eigenvalue weighted by atomic mass is 9.71. The molecule has 4 aliphatic heterocycles. The molecule has 0 aromatic heterocycles. The zero-order valence-electron chi connectivity index (χ0n) is 26.6. The Morgan fingerprint density at radius 2 is 1.91 bits per heavy atom. The molecule has 6 rings (SSSR count). The number of phenolic OH excluding ortho intramolecular Hbond substituents is 1. The lowest BCUT2D eigenvalue weighted by molar-refractivity contribution is -0.125. The number of carbonyl (C=O) groups is 2. The maximum atomic E-state index is 12.9. The van der Waals surface area contributed by atoms with Crippen molar-refractivity contribution >= 4 is 12.1 Å². The van der Waals surface area contributed by atoms with Gasteiger partial charge in [-0.1, -0.05) is 32.6 Å². The highest BCUT2D eigenvalue weighted by Crippen LogP contribution is 2.57. The molecule has 0 saturated carbocycles. The molecule has 0 spiro atoms. The van der Waals surface area contributed by atoms with E-state index in [1.165, 1.54) is 6.08 Å². The number of rotatable bonds is 6. The summed E-state index contributed by atoms with van der Waals surface area (Å²) in [5, 5.41) is 25.5. The number of phenols is 1. The minimum absolute atomic E-state index is 0.0161. The van der Waals surface area contributed by atoms with E-state index in [4.69, 9.17) is 18.9 Å². The summed E-state index contributed by atoms with van der Waals surface area (Å²) in [5.74, 6) is 1.17. The van der Waals surface area contributed by atoms with Crippen molar-refractivity contribution < 1.29 is 33.6 Å². The van der Waals surface area contributed by atoms with Crippen molar-refractivity contribution in [2.24, 2.45) is 5.92 Å². The van der Waals surface area contributed by atoms with E-state index < -0.39 is 18.2 Å². The number of aryl methyl sites for hydroxylation is 1. The van der Waals surface area contributed by atoms with Gasteiger partial charge in [0.05, 0.1) is 18.2 Å². The van der Waals surface area contributed by atoms with Gasteiger partial charge in [-0.15, -0.1) is 0 Å². The number of piperazine rings is 1. The van der Waals surface area contributed by atoms with Crippen LogP contribution in [-0.4, -0.2) is 72.1 Å². The second-order valence-electron chi connectivity index (χ2n) is 12.7. The summed E-state index contributed by atoms with van der Waals surface area (Å²) in [6, 6.07) is 2.87. The van der Waals surface area contributed by atoms with Gasteiger partial charge in [-0.3, -0.25) is 14.6 Å². The average Bonchev–Trinajstić information content (AvgIpc) is 3.50. The molecular weight excluding hydrogens is 576 g/mol. The quantitative estimate of drug-likeness (QED) is 0.275. The molecule has 2 N–H and O–H groups in total. The number of likely N-dealkylation sites (N-methyl/N-ethyl adjacent to an activating group) is 1. The van der Waals surface area contributed by atoms with E-state index >= 15 is 0 Å². The van der Waals surface area contributed by atoms with Gasteiger partial charge >= 0.3 is 6.16 Å². The number of fused-ring (bicyclic) bond motifs is 9. The highest BCUT2D eigenvalue weighted by Gasteiger charge is 2.56. The maximum Gasteiger partial charge on any atom is 0.514 e. The van der Waals surface area contributed by atoms with Crippen LogP contribution in [0.3, 0.4) is 0 Å². The fraction of sp³-hybridized carbons (Fsp3) is 0.500. The van der Waals surface area contributed by atoms with E-state index in [0.29, 0.717) is 41.2 Å². The van der Waals surface area contributed by atoms with E-state index in [-0.39, 0.29) is 55.6 Å². The van der Waals surface area contributed by atoms with Crippen LogP contribution in [0.5, 0.6) is 23.0 Å². The van der Waals surface area contributed by atoms with Crippen LogP contribution in [0.25, 0.3) is 0 Å². The standard InChI is InChI=1S/C34H40N4O7/c1-8-9-42-34(41)45-30-19(6)31-32(44-15-43-31)27-21(30)12-23-28-26-20(10-17(4)18(5)29(26)39)11-22(37(28)7)24(13-35)38(23)25(27)14-36-33(40)16(2)3/h8,10,16,22-25,28,39H,1,9,11-12,14-15H2,2-7H3,(H,36,40)/t22-,23?,24-,25-,28+/m0/s1. The van der Waals surface area contributed by atoms with Crippen LogP contribution < -0.4 is 19.5 Å². The monoisotopic (exact) mass is 616 g/mol. The molecule has 4 aliphatic rings. The van der Waals surface area contributed by atoms with Crippen molar-refractivity contribution in [3.8, 4) is 29.1 Å². The number of nitrogens with one attached hydrogen (secondary N) is 1. The number of hydrogen-bond donors (Lipinski definition) is 2. The topological polar surface area (TPSA) is 134 Å². The molecule has 238 valence electrons. The molecule has 0 aliphatic carbocycles. The zero-order chi connectivity index (χ0) is 32.3. The van der Waals surface area contributed by atoms with Crippen LogP contribution in [0, 0.1) is 38.0 Å². The molecule has 1 saturated heterocycles. The first kappa shape index (κ1) is 30.7. The Bertz CT molecular complexity index is 1630. The Morgan fingerprint density at radius 3 is 2.60 bits per heavy atom. The second-order valence-corrected chi connectivity index (χ2v) is 12.7. The van der Waals surface area contributed by atoms with Crippen LogP contribution in [0.2, 0.25) is 0 Å². The number of aromatic hydroxyl groups is 1. The third-order valence-electron chi connectivity index (χ3n) is 9.93. The minimum atomic E-state index is -0.881. The molecule has 45 heavy (non-hydrogen) atoms. The minimum Gasteiger partial charge on any atom is -0.507 e. The SMILES string of the molecule is C=CCOC(=O)Oc1c(C)c2c(c3c1CC1[C@@H]4c5c(cc(C)c(C)c5O)C[C@@H]([C@H](C#N)N1[C@H]3CNC(=O)C(C)C)N4C)OCO2. The van der Waals surface area contributed by atoms with Crippen molar-refractivity contribution in [1.82, 2.24) is 15.1 Å². The number of amides is 1. The van der Waals surface area contributed by atoms with Crippen LogP contribution in [-0.2, 0) is 22.4 Å². The number of ether oxygens (including phenoxy) is 4. The van der Waals surface area contributed by atoms with Gasteiger partial charge in [-0.25, -0.2) is 4.79 Å². The summed E-state index contributed by atoms with van der Waals surface area (Å²) >= 11 is 0. The Hall–Kier alpha value is -4.27. The van der Waals surface area contributed by atoms with E-state index in [0.717, 1.165) is 27.8 Å². The Balaban J connectivity index is 1.58. The molecule has 1 fully saturated rings. The molecule has 5 atom stereocenters. The van der Waals surface area contributed by atoms with Crippen molar-refractivity contribution in [3.63, 3.8) is 0 Å². The molecule has 1 unspecified atom stereocenters. The second kappa shape index (κ2) is 11.6. The molecular formula is C34H40N4O7. The molecule has 2 aromatic rings. The third kappa shape index (κ3) is 4.78. The summed E-state index contributed by atoms with van der Waals surface area (Å²) in [5.41, 5.74) is 5.72. The molecule has 1 amide bonds. The first-order chi connectivity index (χ1) is 21.5. The summed E-state index contributed by atoms with van der Waals surface area (Å²) in [7, 11) is 2.01. The highest BCUT2D eigenvalue weighted by atomic mass is 16.7. The summed E-state index contributed by atoms with van der Waals surface area (Å²) in [6.07, 6.45) is 1.54. The van der Waals surface area contributed by atoms with Gasteiger partial charge in [0.25, 0.3) is 0 Å². The largest absolute Gasteiger partial charge is 0.514 e. The predicted octanol–water partition coefficient (Wildman–Crippen LogP) is 4.29. The summed E-state index contributed by atoms with van der Waals surface area (Å²) in [4.78, 5) is 30.2. The summed E-state index contributed by atoms with van der Waals surface area (Å²) < 4.78 is 23.1. The fourth-order valence-corrected chi connectivity index (χ4v) is 7.67. The zero-order valence-corrected chi connectivity index (χ0v) is 26.6. The first-order valence-electron chi connectivity index (χ1n) is 15.4. The van der Waals surface area contributed by atoms with Crippen molar-refractivity contribution in [1.29, 1.82) is 5.26 Å². The lowest BCUT2D eigenvalue weighted by Gasteiger charge is -2.60. The molecule has 0 radical (unpaired) electrons. The highest BCUT2D eigenvalue weighted by molar-refractivity contribution is 5.78. The summed E-state index contributed by atoms with van der Waals surface area (Å²) in [6.45, 7) is 13.1. The van der Waals surface area contributed by atoms with Gasteiger partial charge in [0.2, 0.25) is 12.7 Å². The van der Waals surface area contributed by atoms with Crippen LogP contribution >= 0.6 is 0 Å². The van der Waals surface area contributed by atoms with Gasteiger partial charge in [0, 0.05) is 46.8 Å². The van der Waals surface area contributed by atoms with Gasteiger partial charge in [-0.05, 0) is 57.4 Å². The average molecular weight is 617 g/mol. The molecule has 2 bridgehead atoms. The van der Waals surface area contributed by atoms with E-state index in [1.54, 1.807) is 6.92 Å². The lowest BCUT2D eigenvalue weighted by Crippen LogP contribution is -2.68. The number of carbonyl (C=O) groups excluding carboxylic acids is 2. The van der Waals surface area contributed by atoms with Gasteiger partial charge in [0.15, 0.2) is 11.5 Å². The third-order valence-corrected chi connectivity index (χ3v) is 9.93. The number of benzene rings is 2. The Labute approximate surface area is 263 Å². The van der Waals surface area contributed by atoms with Gasteiger partial charge in [-0.2, -0.15) is 5.26 Å². The molecule has 4 heterocycles. The predicted molar refractivity (Wildman–Crippen MR) is 164 cm³/mol. The van der Waals surface area contributed by atoms with Crippen LogP contribution in [0.15, 0.2) is 18.7 Å². The molecule has 2 aromatic carbocycles. The van der Waals surface area contributed by atoms with Gasteiger partial charge < -0.3 is 29.4 Å². The molecule has 11 nitrogen and oxygen atoms in total. The number of nitriles is 1. The Morgan fingerprint density at radius 1 is 1.18 bits per heavy atom. The molecule has 11 heteroatoms. The van der Waals surface area contributed by atoms with Crippen molar-refractivity contribution in [3.05, 3.63) is 57.7 Å². The van der Waals surface area contributed by atoms with Crippen LogP contribution in [0.4, 0.5) is 4.79 Å². The van der Waals surface area contributed by atoms with Gasteiger partial charge in [0.1, 0.15) is 24.1 Å². The smallest absolute Gasteiger partial charge is 0.507 e. The van der Waals surface area contributed by atoms with E-state index in [9.17, 15) is 20.0 Å². The van der Waals surface area contributed by atoms with Crippen molar-refractivity contribution in [2.45, 2.75) is 77.7 Å². The number of hydrogen-bond acceptors (Lipinski definition) is 10. The Kier molecular flexibility index (Phi) is 7.91. The van der Waals surface area contributed by atoms with E-state index in [1.807, 2.05) is 34.7 Å². The van der Waals surface area contributed by atoms with E-state index in [2.05, 4.69) is 33.8 Å². The maximum absolute atomic E-state index is 12.9.